The van der Waals surface area contributed by atoms with E-state index in [1.54, 1.807) is 18.4 Å². The number of amides is 1. The molecule has 170 valence electrons. The summed E-state index contributed by atoms with van der Waals surface area (Å²) in [6, 6.07) is 16.0. The summed E-state index contributed by atoms with van der Waals surface area (Å²) in [5.74, 6) is 2.23. The maximum atomic E-state index is 13.1. The first-order valence-electron chi connectivity index (χ1n) is 11.0. The normalized spacial score (nSPS) is 16.3. The van der Waals surface area contributed by atoms with Crippen molar-refractivity contribution < 1.29 is 9.53 Å². The fraction of sp³-hybridized carbons (Fsp3) is 0.333. The fourth-order valence-electron chi connectivity index (χ4n) is 4.22. The van der Waals surface area contributed by atoms with E-state index in [1.165, 1.54) is 16.5 Å². The summed E-state index contributed by atoms with van der Waals surface area (Å²) in [4.78, 5) is 19.9. The molecule has 7 nitrogen and oxygen atoms in total. The van der Waals surface area contributed by atoms with Crippen LogP contribution in [0.4, 0.5) is 0 Å². The van der Waals surface area contributed by atoms with E-state index in [9.17, 15) is 4.79 Å². The molecule has 0 bridgehead atoms. The summed E-state index contributed by atoms with van der Waals surface area (Å²) >= 11 is 3.16. The van der Waals surface area contributed by atoms with Gasteiger partial charge in [0.15, 0.2) is 5.16 Å². The molecule has 1 unspecified atom stereocenters. The number of ether oxygens (including phenoxy) is 1. The number of nitrogens with zero attached hydrogens (tertiary/aromatic N) is 5. The second-order valence-corrected chi connectivity index (χ2v) is 10.0. The van der Waals surface area contributed by atoms with Crippen LogP contribution in [0, 0.1) is 6.92 Å². The van der Waals surface area contributed by atoms with Crippen LogP contribution in [0.3, 0.4) is 0 Å². The molecule has 2 aromatic heterocycles. The number of rotatable bonds is 6. The van der Waals surface area contributed by atoms with Gasteiger partial charge in [0, 0.05) is 19.0 Å². The maximum absolute atomic E-state index is 13.1. The van der Waals surface area contributed by atoms with Gasteiger partial charge in [-0.3, -0.25) is 9.36 Å². The zero-order valence-corrected chi connectivity index (χ0v) is 20.2. The standard InChI is InChI=1S/C24H25N5O2S2/c1-16-26-27-24(29(16)19-10-4-5-11-20(19)31-2)32-15-22(30)28-13-7-8-17(14-28)23-25-18-9-3-6-12-21(18)33-23/h3-6,9-12,17H,7-8,13-15H2,1-2H3. The van der Waals surface area contributed by atoms with E-state index < -0.39 is 0 Å². The minimum Gasteiger partial charge on any atom is -0.495 e. The monoisotopic (exact) mass is 479 g/mol. The average Bonchev–Trinajstić information content (AvgIpc) is 3.46. The summed E-state index contributed by atoms with van der Waals surface area (Å²) in [5.41, 5.74) is 1.91. The first kappa shape index (κ1) is 21.9. The van der Waals surface area contributed by atoms with Crippen molar-refractivity contribution in [2.75, 3.05) is 26.0 Å². The molecular formula is C24H25N5O2S2. The number of aryl methyl sites for hydroxylation is 1. The van der Waals surface area contributed by atoms with Gasteiger partial charge < -0.3 is 9.64 Å². The molecule has 33 heavy (non-hydrogen) atoms. The van der Waals surface area contributed by atoms with E-state index in [-0.39, 0.29) is 5.91 Å². The number of hydrogen-bond acceptors (Lipinski definition) is 7. The van der Waals surface area contributed by atoms with Crippen molar-refractivity contribution in [2.24, 2.45) is 0 Å². The molecule has 5 rings (SSSR count). The second kappa shape index (κ2) is 9.52. The average molecular weight is 480 g/mol. The molecule has 0 aliphatic carbocycles. The van der Waals surface area contributed by atoms with Crippen LogP contribution in [0.1, 0.15) is 29.6 Å². The van der Waals surface area contributed by atoms with Crippen molar-refractivity contribution >= 4 is 39.2 Å². The molecule has 1 fully saturated rings. The highest BCUT2D eigenvalue weighted by Crippen LogP contribution is 2.34. The van der Waals surface area contributed by atoms with Crippen LogP contribution in [0.5, 0.6) is 5.75 Å². The number of piperidine rings is 1. The Morgan fingerprint density at radius 2 is 2.00 bits per heavy atom. The van der Waals surface area contributed by atoms with Gasteiger partial charge in [-0.2, -0.15) is 0 Å². The number of methoxy groups -OCH3 is 1. The Morgan fingerprint density at radius 1 is 1.18 bits per heavy atom. The summed E-state index contributed by atoms with van der Waals surface area (Å²) < 4.78 is 8.66. The van der Waals surface area contributed by atoms with Crippen molar-refractivity contribution in [3.8, 4) is 11.4 Å². The van der Waals surface area contributed by atoms with Gasteiger partial charge in [0.1, 0.15) is 11.6 Å². The van der Waals surface area contributed by atoms with E-state index in [0.29, 0.717) is 16.8 Å². The van der Waals surface area contributed by atoms with Gasteiger partial charge in [-0.25, -0.2) is 4.98 Å². The number of thioether (sulfide) groups is 1. The number of likely N-dealkylation sites (tertiary alicyclic amines) is 1. The van der Waals surface area contributed by atoms with E-state index in [1.807, 2.05) is 52.8 Å². The minimum absolute atomic E-state index is 0.123. The van der Waals surface area contributed by atoms with Crippen LogP contribution >= 0.6 is 23.1 Å². The van der Waals surface area contributed by atoms with E-state index in [0.717, 1.165) is 53.7 Å². The van der Waals surface area contributed by atoms with Crippen molar-refractivity contribution in [1.82, 2.24) is 24.6 Å². The first-order chi connectivity index (χ1) is 16.1. The summed E-state index contributed by atoms with van der Waals surface area (Å²) in [5, 5.41) is 10.4. The molecule has 1 aliphatic rings. The molecular weight excluding hydrogens is 454 g/mol. The Labute approximate surface area is 200 Å². The van der Waals surface area contributed by atoms with E-state index >= 15 is 0 Å². The number of para-hydroxylation sites is 3. The molecule has 2 aromatic carbocycles. The lowest BCUT2D eigenvalue weighted by Crippen LogP contribution is -2.40. The Hall–Kier alpha value is -2.91. The fourth-order valence-corrected chi connectivity index (χ4v) is 6.20. The lowest BCUT2D eigenvalue weighted by Gasteiger charge is -2.31. The molecule has 0 saturated carbocycles. The van der Waals surface area contributed by atoms with Crippen molar-refractivity contribution in [3.05, 3.63) is 59.4 Å². The SMILES string of the molecule is COc1ccccc1-n1c(C)nnc1SCC(=O)N1CCCC(c2nc3ccccc3s2)C1. The number of hydrogen-bond donors (Lipinski definition) is 0. The number of aromatic nitrogens is 4. The third-order valence-electron chi connectivity index (χ3n) is 5.88. The summed E-state index contributed by atoms with van der Waals surface area (Å²) in [7, 11) is 1.65. The van der Waals surface area contributed by atoms with Crippen LogP contribution in [0.15, 0.2) is 53.7 Å². The highest BCUT2D eigenvalue weighted by Gasteiger charge is 2.27. The molecule has 0 spiro atoms. The highest BCUT2D eigenvalue weighted by atomic mass is 32.2. The van der Waals surface area contributed by atoms with Gasteiger partial charge in [0.2, 0.25) is 5.91 Å². The predicted molar refractivity (Wildman–Crippen MR) is 132 cm³/mol. The number of carbonyl (C=O) groups excluding carboxylic acids is 1. The van der Waals surface area contributed by atoms with Gasteiger partial charge in [-0.15, -0.1) is 21.5 Å². The summed E-state index contributed by atoms with van der Waals surface area (Å²) in [6.45, 7) is 3.41. The zero-order valence-electron chi connectivity index (χ0n) is 18.6. The van der Waals surface area contributed by atoms with E-state index in [4.69, 9.17) is 9.72 Å². The van der Waals surface area contributed by atoms with Crippen molar-refractivity contribution in [2.45, 2.75) is 30.8 Å². The number of benzene rings is 2. The molecule has 1 amide bonds. The third-order valence-corrected chi connectivity index (χ3v) is 7.99. The Kier molecular flexibility index (Phi) is 6.32. The number of carbonyl (C=O) groups is 1. The number of thiazole rings is 1. The van der Waals surface area contributed by atoms with Gasteiger partial charge in [0.05, 0.1) is 33.8 Å². The molecule has 3 heterocycles. The smallest absolute Gasteiger partial charge is 0.233 e. The lowest BCUT2D eigenvalue weighted by molar-refractivity contribution is -0.129. The zero-order chi connectivity index (χ0) is 22.8. The molecule has 4 aromatic rings. The molecule has 1 saturated heterocycles. The minimum atomic E-state index is 0.123. The van der Waals surface area contributed by atoms with E-state index in [2.05, 4.69) is 22.3 Å². The molecule has 1 atom stereocenters. The second-order valence-electron chi connectivity index (χ2n) is 8.02. The maximum Gasteiger partial charge on any atom is 0.233 e. The predicted octanol–water partition coefficient (Wildman–Crippen LogP) is 4.69. The first-order valence-corrected chi connectivity index (χ1v) is 12.8. The molecule has 9 heteroatoms. The van der Waals surface area contributed by atoms with Crippen LogP contribution in [0.2, 0.25) is 0 Å². The van der Waals surface area contributed by atoms with Crippen LogP contribution < -0.4 is 4.74 Å². The lowest BCUT2D eigenvalue weighted by atomic mass is 9.99. The quantitative estimate of drug-likeness (QED) is 0.374. The van der Waals surface area contributed by atoms with Crippen molar-refractivity contribution in [1.29, 1.82) is 0 Å². The van der Waals surface area contributed by atoms with Gasteiger partial charge >= 0.3 is 0 Å². The van der Waals surface area contributed by atoms with Crippen LogP contribution in [-0.2, 0) is 4.79 Å². The van der Waals surface area contributed by atoms with Gasteiger partial charge in [-0.05, 0) is 44.0 Å². The molecule has 0 radical (unpaired) electrons. The largest absolute Gasteiger partial charge is 0.495 e. The van der Waals surface area contributed by atoms with Crippen LogP contribution in [-0.4, -0.2) is 56.5 Å². The number of fused-ring (bicyclic) bond motifs is 1. The Morgan fingerprint density at radius 3 is 2.85 bits per heavy atom. The van der Waals surface area contributed by atoms with Gasteiger partial charge in [0.25, 0.3) is 0 Å². The highest BCUT2D eigenvalue weighted by molar-refractivity contribution is 7.99. The Bertz CT molecular complexity index is 1250. The summed E-state index contributed by atoms with van der Waals surface area (Å²) in [6.07, 6.45) is 2.06. The van der Waals surface area contributed by atoms with Crippen molar-refractivity contribution in [3.63, 3.8) is 0 Å². The molecule has 0 N–H and O–H groups in total. The third kappa shape index (κ3) is 4.47. The van der Waals surface area contributed by atoms with Crippen LogP contribution in [0.25, 0.3) is 15.9 Å². The Balaban J connectivity index is 1.28. The van der Waals surface area contributed by atoms with Gasteiger partial charge in [-0.1, -0.05) is 36.0 Å². The topological polar surface area (TPSA) is 73.1 Å². The molecule has 1 aliphatic heterocycles.